The molecule has 22 heavy (non-hydrogen) atoms. The Balaban J connectivity index is 2.50. The Bertz CT molecular complexity index is 459. The Kier molecular flexibility index (Phi) is 7.18. The number of hydrogen-bond acceptors (Lipinski definition) is 3. The van der Waals surface area contributed by atoms with E-state index in [0.29, 0.717) is 12.6 Å². The number of rotatable bonds is 7. The molecule has 0 heterocycles. The SMILES string of the molecule is COc1ccc([C@@H](C)N(C)C(=O)NCCN(C)C(C)C)cc1. The molecule has 0 saturated heterocycles. The van der Waals surface area contributed by atoms with Gasteiger partial charge in [-0.05, 0) is 45.5 Å². The Morgan fingerprint density at radius 2 is 1.77 bits per heavy atom. The Morgan fingerprint density at radius 1 is 1.18 bits per heavy atom. The summed E-state index contributed by atoms with van der Waals surface area (Å²) in [6.07, 6.45) is 0. The summed E-state index contributed by atoms with van der Waals surface area (Å²) in [6, 6.07) is 8.23. The lowest BCUT2D eigenvalue weighted by atomic mass is 10.1. The summed E-state index contributed by atoms with van der Waals surface area (Å²) in [5.41, 5.74) is 1.08. The molecule has 5 nitrogen and oxygen atoms in total. The zero-order chi connectivity index (χ0) is 16.7. The van der Waals surface area contributed by atoms with Crippen molar-refractivity contribution in [1.29, 1.82) is 0 Å². The van der Waals surface area contributed by atoms with Crippen molar-refractivity contribution in [3.05, 3.63) is 29.8 Å². The van der Waals surface area contributed by atoms with Crippen molar-refractivity contribution >= 4 is 6.03 Å². The third-order valence-electron chi connectivity index (χ3n) is 4.12. The van der Waals surface area contributed by atoms with Gasteiger partial charge in [-0.25, -0.2) is 4.79 Å². The van der Waals surface area contributed by atoms with Crippen molar-refractivity contribution in [3.63, 3.8) is 0 Å². The highest BCUT2D eigenvalue weighted by Crippen LogP contribution is 2.21. The summed E-state index contributed by atoms with van der Waals surface area (Å²) in [6.45, 7) is 7.78. The van der Waals surface area contributed by atoms with Crippen molar-refractivity contribution in [3.8, 4) is 5.75 Å². The van der Waals surface area contributed by atoms with Gasteiger partial charge in [-0.3, -0.25) is 0 Å². The van der Waals surface area contributed by atoms with E-state index in [1.54, 1.807) is 12.0 Å². The molecule has 0 aliphatic carbocycles. The van der Waals surface area contributed by atoms with Gasteiger partial charge in [-0.2, -0.15) is 0 Å². The minimum Gasteiger partial charge on any atom is -0.497 e. The van der Waals surface area contributed by atoms with Crippen LogP contribution in [0.15, 0.2) is 24.3 Å². The van der Waals surface area contributed by atoms with Crippen LogP contribution in [0, 0.1) is 0 Å². The van der Waals surface area contributed by atoms with Gasteiger partial charge in [0.2, 0.25) is 0 Å². The molecule has 0 saturated carbocycles. The Hall–Kier alpha value is -1.75. The van der Waals surface area contributed by atoms with Crippen LogP contribution in [0.1, 0.15) is 32.4 Å². The van der Waals surface area contributed by atoms with Gasteiger partial charge < -0.3 is 19.9 Å². The molecule has 124 valence electrons. The average molecular weight is 307 g/mol. The maximum absolute atomic E-state index is 12.2. The van der Waals surface area contributed by atoms with E-state index >= 15 is 0 Å². The second kappa shape index (κ2) is 8.63. The van der Waals surface area contributed by atoms with Crippen LogP contribution in [0.2, 0.25) is 0 Å². The molecule has 0 unspecified atom stereocenters. The van der Waals surface area contributed by atoms with Crippen molar-refractivity contribution in [2.24, 2.45) is 0 Å². The largest absolute Gasteiger partial charge is 0.497 e. The fraction of sp³-hybridized carbons (Fsp3) is 0.588. The van der Waals surface area contributed by atoms with E-state index in [9.17, 15) is 4.79 Å². The smallest absolute Gasteiger partial charge is 0.317 e. The molecule has 0 aromatic heterocycles. The van der Waals surface area contributed by atoms with Crippen LogP contribution in [0.3, 0.4) is 0 Å². The lowest BCUT2D eigenvalue weighted by Gasteiger charge is -2.27. The quantitative estimate of drug-likeness (QED) is 0.842. The fourth-order valence-corrected chi connectivity index (χ4v) is 2.00. The molecular formula is C17H29N3O2. The fourth-order valence-electron chi connectivity index (χ4n) is 2.00. The van der Waals surface area contributed by atoms with Gasteiger partial charge in [0.25, 0.3) is 0 Å². The van der Waals surface area contributed by atoms with E-state index in [-0.39, 0.29) is 12.1 Å². The average Bonchev–Trinajstić information content (AvgIpc) is 2.53. The maximum atomic E-state index is 12.2. The number of nitrogens with one attached hydrogen (secondary N) is 1. The molecule has 1 rings (SSSR count). The van der Waals surface area contributed by atoms with Crippen molar-refractivity contribution in [2.45, 2.75) is 32.9 Å². The normalized spacial score (nSPS) is 12.4. The van der Waals surface area contributed by atoms with Crippen molar-refractivity contribution < 1.29 is 9.53 Å². The van der Waals surface area contributed by atoms with E-state index in [2.05, 4.69) is 31.1 Å². The topological polar surface area (TPSA) is 44.8 Å². The Labute approximate surface area is 134 Å². The summed E-state index contributed by atoms with van der Waals surface area (Å²) < 4.78 is 5.15. The first-order valence-electron chi connectivity index (χ1n) is 7.71. The first-order valence-corrected chi connectivity index (χ1v) is 7.71. The van der Waals surface area contributed by atoms with Crippen LogP contribution >= 0.6 is 0 Å². The molecule has 0 spiro atoms. The van der Waals surface area contributed by atoms with Crippen LogP contribution in [0.5, 0.6) is 5.75 Å². The third kappa shape index (κ3) is 5.22. The number of likely N-dealkylation sites (N-methyl/N-ethyl adjacent to an activating group) is 1. The van der Waals surface area contributed by atoms with E-state index < -0.39 is 0 Å². The maximum Gasteiger partial charge on any atom is 0.317 e. The van der Waals surface area contributed by atoms with Crippen molar-refractivity contribution in [2.75, 3.05) is 34.3 Å². The number of methoxy groups -OCH3 is 1. The molecule has 1 atom stereocenters. The van der Waals surface area contributed by atoms with Crippen LogP contribution in [0.25, 0.3) is 0 Å². The number of ether oxygens (including phenoxy) is 1. The monoisotopic (exact) mass is 307 g/mol. The highest BCUT2D eigenvalue weighted by Gasteiger charge is 2.17. The zero-order valence-corrected chi connectivity index (χ0v) is 14.6. The molecule has 1 N–H and O–H groups in total. The number of carbonyl (C=O) groups is 1. The molecular weight excluding hydrogens is 278 g/mol. The number of amides is 2. The number of hydrogen-bond donors (Lipinski definition) is 1. The summed E-state index contributed by atoms with van der Waals surface area (Å²) in [5.74, 6) is 0.819. The van der Waals surface area contributed by atoms with E-state index in [0.717, 1.165) is 17.9 Å². The minimum atomic E-state index is -0.0551. The van der Waals surface area contributed by atoms with Gasteiger partial charge in [0.15, 0.2) is 0 Å². The number of carbonyl (C=O) groups excluding carboxylic acids is 1. The van der Waals surface area contributed by atoms with E-state index in [4.69, 9.17) is 4.74 Å². The number of nitrogens with zero attached hydrogens (tertiary/aromatic N) is 2. The summed E-state index contributed by atoms with van der Waals surface area (Å²) in [5, 5.41) is 2.96. The third-order valence-corrected chi connectivity index (χ3v) is 4.12. The zero-order valence-electron chi connectivity index (χ0n) is 14.6. The summed E-state index contributed by atoms with van der Waals surface area (Å²) >= 11 is 0. The predicted molar refractivity (Wildman–Crippen MR) is 90.3 cm³/mol. The Morgan fingerprint density at radius 3 is 2.27 bits per heavy atom. The van der Waals surface area contributed by atoms with Gasteiger partial charge in [0.1, 0.15) is 5.75 Å². The van der Waals surface area contributed by atoms with E-state index in [1.807, 2.05) is 38.2 Å². The highest BCUT2D eigenvalue weighted by molar-refractivity contribution is 5.74. The molecule has 0 radical (unpaired) electrons. The summed E-state index contributed by atoms with van der Waals surface area (Å²) in [4.78, 5) is 16.1. The lowest BCUT2D eigenvalue weighted by molar-refractivity contribution is 0.191. The summed E-state index contributed by atoms with van der Waals surface area (Å²) in [7, 11) is 5.52. The second-order valence-electron chi connectivity index (χ2n) is 5.87. The number of benzene rings is 1. The van der Waals surface area contributed by atoms with Crippen LogP contribution in [-0.2, 0) is 0 Å². The lowest BCUT2D eigenvalue weighted by Crippen LogP contribution is -2.42. The minimum absolute atomic E-state index is 0.00809. The van der Waals surface area contributed by atoms with Crippen LogP contribution < -0.4 is 10.1 Å². The van der Waals surface area contributed by atoms with Gasteiger partial charge in [0.05, 0.1) is 13.2 Å². The molecule has 1 aromatic carbocycles. The van der Waals surface area contributed by atoms with Crippen LogP contribution in [-0.4, -0.2) is 56.2 Å². The highest BCUT2D eigenvalue weighted by atomic mass is 16.5. The molecule has 1 aromatic rings. The number of urea groups is 1. The first kappa shape index (κ1) is 18.3. The van der Waals surface area contributed by atoms with Crippen LogP contribution in [0.4, 0.5) is 4.79 Å². The molecule has 0 fully saturated rings. The molecule has 0 bridgehead atoms. The molecule has 0 aliphatic rings. The standard InChI is InChI=1S/C17H29N3O2/c1-13(2)19(4)12-11-18-17(21)20(5)14(3)15-7-9-16(22-6)10-8-15/h7-10,13-14H,11-12H2,1-6H3,(H,18,21)/t14-/m1/s1. The van der Waals surface area contributed by atoms with Crippen molar-refractivity contribution in [1.82, 2.24) is 15.1 Å². The van der Waals surface area contributed by atoms with E-state index in [1.165, 1.54) is 0 Å². The first-order chi connectivity index (χ1) is 10.4. The predicted octanol–water partition coefficient (Wildman–Crippen LogP) is 2.74. The van der Waals surface area contributed by atoms with Gasteiger partial charge in [0, 0.05) is 26.2 Å². The van der Waals surface area contributed by atoms with Gasteiger partial charge >= 0.3 is 6.03 Å². The molecule has 5 heteroatoms. The van der Waals surface area contributed by atoms with Gasteiger partial charge in [-0.1, -0.05) is 12.1 Å². The van der Waals surface area contributed by atoms with Gasteiger partial charge in [-0.15, -0.1) is 0 Å². The molecule has 0 aliphatic heterocycles. The second-order valence-corrected chi connectivity index (χ2v) is 5.87. The molecule has 2 amide bonds.